The maximum absolute atomic E-state index is 13.1. The Balaban J connectivity index is 1.56. The molecule has 2 aromatic carbocycles. The number of fused-ring (bicyclic) bond motifs is 3. The third-order valence-electron chi connectivity index (χ3n) is 5.52. The molecular formula is C24H23ClN2O5S. The highest BCUT2D eigenvalue weighted by Gasteiger charge is 2.31. The van der Waals surface area contributed by atoms with Gasteiger partial charge in [0, 0.05) is 26.2 Å². The molecule has 7 nitrogen and oxygen atoms in total. The molecule has 1 aliphatic rings. The van der Waals surface area contributed by atoms with Gasteiger partial charge < -0.3 is 14.6 Å². The summed E-state index contributed by atoms with van der Waals surface area (Å²) in [6, 6.07) is 16.2. The Kier molecular flexibility index (Phi) is 7.27. The van der Waals surface area contributed by atoms with Crippen molar-refractivity contribution in [3.05, 3.63) is 70.2 Å². The van der Waals surface area contributed by atoms with Gasteiger partial charge in [0.2, 0.25) is 0 Å². The number of hydrogen-bond acceptors (Lipinski definition) is 6. The summed E-state index contributed by atoms with van der Waals surface area (Å²) in [6.07, 6.45) is -0.0430. The predicted octanol–water partition coefficient (Wildman–Crippen LogP) is 5.37. The molecule has 3 aromatic rings. The number of aromatic carboxylic acids is 1. The lowest BCUT2D eigenvalue weighted by atomic mass is 9.98. The first-order chi connectivity index (χ1) is 16.0. The van der Waals surface area contributed by atoms with Gasteiger partial charge in [-0.3, -0.25) is 4.90 Å². The maximum Gasteiger partial charge on any atom is 0.416 e. The molecule has 0 saturated heterocycles. The number of alkyl halides is 1. The molecule has 0 saturated carbocycles. The molecule has 0 bridgehead atoms. The topological polar surface area (TPSA) is 89.0 Å². The minimum absolute atomic E-state index is 0.0168. The van der Waals surface area contributed by atoms with Gasteiger partial charge in [0.1, 0.15) is 11.5 Å². The number of hydrogen-bond donors (Lipinski definition) is 1. The number of methoxy groups -OCH3 is 1. The van der Waals surface area contributed by atoms with Crippen LogP contribution in [0.3, 0.4) is 0 Å². The molecule has 172 valence electrons. The fraction of sp³-hybridized carbons (Fsp3) is 0.292. The summed E-state index contributed by atoms with van der Waals surface area (Å²) in [6.45, 7) is 0.874. The number of halogens is 1. The first-order valence-corrected chi connectivity index (χ1v) is 11.8. The molecule has 1 amide bonds. The Bertz CT molecular complexity index is 1120. The summed E-state index contributed by atoms with van der Waals surface area (Å²) >= 11 is 6.78. The second kappa shape index (κ2) is 10.3. The normalized spacial score (nSPS) is 12.3. The molecule has 1 aromatic heterocycles. The molecular weight excluding hydrogens is 464 g/mol. The first kappa shape index (κ1) is 23.2. The van der Waals surface area contributed by atoms with E-state index < -0.39 is 12.1 Å². The van der Waals surface area contributed by atoms with Crippen LogP contribution in [0.1, 0.15) is 38.8 Å². The Morgan fingerprint density at radius 3 is 2.30 bits per heavy atom. The largest absolute Gasteiger partial charge is 0.477 e. The lowest BCUT2D eigenvalue weighted by molar-refractivity contribution is 0.0701. The molecule has 0 aliphatic heterocycles. The predicted molar refractivity (Wildman–Crippen MR) is 128 cm³/mol. The number of aromatic nitrogens is 1. The molecule has 1 aliphatic carbocycles. The fourth-order valence-corrected chi connectivity index (χ4v) is 5.23. The van der Waals surface area contributed by atoms with Gasteiger partial charge in [-0.15, -0.1) is 11.6 Å². The number of carboxylic acid groups (broad SMARTS) is 1. The van der Waals surface area contributed by atoms with Crippen molar-refractivity contribution >= 4 is 40.1 Å². The third-order valence-corrected chi connectivity index (χ3v) is 6.89. The smallest absolute Gasteiger partial charge is 0.416 e. The number of carbonyl (C=O) groups excluding carboxylic acids is 1. The van der Waals surface area contributed by atoms with Crippen LogP contribution in [0, 0.1) is 0 Å². The quantitative estimate of drug-likeness (QED) is 0.323. The van der Waals surface area contributed by atoms with E-state index in [2.05, 4.69) is 29.2 Å². The summed E-state index contributed by atoms with van der Waals surface area (Å²) in [5.41, 5.74) is 4.74. The van der Waals surface area contributed by atoms with Crippen LogP contribution in [0.4, 0.5) is 9.93 Å². The summed E-state index contributed by atoms with van der Waals surface area (Å²) in [7, 11) is 1.58. The van der Waals surface area contributed by atoms with Crippen molar-refractivity contribution in [2.75, 3.05) is 31.8 Å². The number of ether oxygens (including phenoxy) is 2. The van der Waals surface area contributed by atoms with Crippen molar-refractivity contribution in [3.63, 3.8) is 0 Å². The van der Waals surface area contributed by atoms with Crippen molar-refractivity contribution in [3.8, 4) is 11.1 Å². The third kappa shape index (κ3) is 4.73. The molecule has 1 N–H and O–H groups in total. The number of benzene rings is 2. The van der Waals surface area contributed by atoms with Gasteiger partial charge >= 0.3 is 12.1 Å². The Hall–Kier alpha value is -2.94. The van der Waals surface area contributed by atoms with Crippen molar-refractivity contribution in [2.24, 2.45) is 0 Å². The Morgan fingerprint density at radius 2 is 1.76 bits per heavy atom. The molecule has 0 atom stereocenters. The van der Waals surface area contributed by atoms with E-state index in [0.29, 0.717) is 13.0 Å². The molecule has 0 unspecified atom stereocenters. The number of amides is 1. The van der Waals surface area contributed by atoms with Crippen LogP contribution in [0.25, 0.3) is 11.1 Å². The van der Waals surface area contributed by atoms with Gasteiger partial charge in [-0.2, -0.15) is 0 Å². The van der Waals surface area contributed by atoms with E-state index in [0.717, 1.165) is 33.6 Å². The maximum atomic E-state index is 13.1. The summed E-state index contributed by atoms with van der Waals surface area (Å²) < 4.78 is 10.9. The van der Waals surface area contributed by atoms with Gasteiger partial charge in [-0.1, -0.05) is 59.9 Å². The van der Waals surface area contributed by atoms with Crippen molar-refractivity contribution in [2.45, 2.75) is 18.2 Å². The van der Waals surface area contributed by atoms with Crippen LogP contribution < -0.4 is 4.90 Å². The highest BCUT2D eigenvalue weighted by atomic mass is 35.5. The molecule has 0 spiro atoms. The van der Waals surface area contributed by atoms with Crippen molar-refractivity contribution in [1.29, 1.82) is 0 Å². The van der Waals surface area contributed by atoms with Crippen molar-refractivity contribution in [1.82, 2.24) is 4.98 Å². The lowest BCUT2D eigenvalue weighted by Crippen LogP contribution is -2.34. The van der Waals surface area contributed by atoms with Crippen molar-refractivity contribution < 1.29 is 24.2 Å². The number of rotatable bonds is 9. The molecule has 1 heterocycles. The SMILES string of the molecule is COCCCN(C(=O)OCC1c2ccccc2-c2ccccc21)c1nc(CCl)c(C(=O)O)s1. The number of carbonyl (C=O) groups is 2. The standard InChI is InChI=1S/C24H23ClN2O5S/c1-31-12-6-11-27(23-26-20(13-25)21(33-23)22(28)29)24(30)32-14-19-17-9-4-2-7-15(17)16-8-3-5-10-18(16)19/h2-5,7-10,19H,6,11-14H2,1H3,(H,28,29). The summed E-state index contributed by atoms with van der Waals surface area (Å²) in [5.74, 6) is -1.26. The lowest BCUT2D eigenvalue weighted by Gasteiger charge is -2.21. The average molecular weight is 487 g/mol. The van der Waals surface area contributed by atoms with E-state index >= 15 is 0 Å². The first-order valence-electron chi connectivity index (χ1n) is 10.5. The zero-order valence-electron chi connectivity index (χ0n) is 18.0. The molecule has 9 heteroatoms. The van der Waals surface area contributed by atoms with E-state index in [4.69, 9.17) is 21.1 Å². The number of anilines is 1. The highest BCUT2D eigenvalue weighted by molar-refractivity contribution is 7.17. The minimum atomic E-state index is -1.13. The van der Waals surface area contributed by atoms with Crippen LogP contribution in [-0.2, 0) is 15.4 Å². The summed E-state index contributed by atoms with van der Waals surface area (Å²) in [5, 5.41) is 9.68. The van der Waals surface area contributed by atoms with E-state index in [1.165, 1.54) is 4.90 Å². The minimum Gasteiger partial charge on any atom is -0.477 e. The average Bonchev–Trinajstić information content (AvgIpc) is 3.40. The van der Waals surface area contributed by atoms with Gasteiger partial charge in [0.25, 0.3) is 0 Å². The van der Waals surface area contributed by atoms with Gasteiger partial charge in [0.05, 0.1) is 11.6 Å². The zero-order chi connectivity index (χ0) is 23.4. The Morgan fingerprint density at radius 1 is 1.12 bits per heavy atom. The zero-order valence-corrected chi connectivity index (χ0v) is 19.6. The number of carboxylic acids is 1. The molecule has 0 fully saturated rings. The second-order valence-electron chi connectivity index (χ2n) is 7.51. The van der Waals surface area contributed by atoms with Crippen LogP contribution >= 0.6 is 22.9 Å². The van der Waals surface area contributed by atoms with E-state index in [1.54, 1.807) is 7.11 Å². The van der Waals surface area contributed by atoms with Gasteiger partial charge in [0.15, 0.2) is 5.13 Å². The molecule has 33 heavy (non-hydrogen) atoms. The molecule has 4 rings (SSSR count). The van der Waals surface area contributed by atoms with Crippen LogP contribution in [0.15, 0.2) is 48.5 Å². The van der Waals surface area contributed by atoms with Crippen LogP contribution in [0.5, 0.6) is 0 Å². The van der Waals surface area contributed by atoms with E-state index in [-0.39, 0.29) is 40.7 Å². The van der Waals surface area contributed by atoms with Crippen LogP contribution in [-0.4, -0.2) is 49.0 Å². The summed E-state index contributed by atoms with van der Waals surface area (Å²) in [4.78, 5) is 30.4. The van der Waals surface area contributed by atoms with E-state index in [1.807, 2.05) is 24.3 Å². The highest BCUT2D eigenvalue weighted by Crippen LogP contribution is 2.44. The van der Waals surface area contributed by atoms with Gasteiger partial charge in [-0.25, -0.2) is 14.6 Å². The second-order valence-corrected chi connectivity index (χ2v) is 8.76. The van der Waals surface area contributed by atoms with Crippen LogP contribution in [0.2, 0.25) is 0 Å². The van der Waals surface area contributed by atoms with E-state index in [9.17, 15) is 14.7 Å². The Labute approximate surface area is 200 Å². The number of nitrogens with zero attached hydrogens (tertiary/aromatic N) is 2. The fourth-order valence-electron chi connectivity index (χ4n) is 4.02. The number of thiazole rings is 1. The molecule has 0 radical (unpaired) electrons. The van der Waals surface area contributed by atoms with Gasteiger partial charge in [-0.05, 0) is 28.7 Å². The monoisotopic (exact) mass is 486 g/mol.